The van der Waals surface area contributed by atoms with Gasteiger partial charge >= 0.3 is 5.97 Å². The lowest BCUT2D eigenvalue weighted by Gasteiger charge is -2.42. The number of carbonyl (C=O) groups excluding carboxylic acids is 1. The number of hydrogen-bond acceptors (Lipinski definition) is 8. The summed E-state index contributed by atoms with van der Waals surface area (Å²) in [5.41, 5.74) is 8.93. The van der Waals surface area contributed by atoms with E-state index in [9.17, 15) is 9.59 Å². The van der Waals surface area contributed by atoms with Crippen molar-refractivity contribution in [1.29, 1.82) is 0 Å². The molecule has 3 aromatic heterocycles. The third-order valence-corrected chi connectivity index (χ3v) is 7.85. The molecule has 11 nitrogen and oxygen atoms in total. The molecule has 1 fully saturated rings. The first kappa shape index (κ1) is 26.9. The molecule has 0 amide bonds. The van der Waals surface area contributed by atoms with E-state index in [4.69, 9.17) is 15.2 Å². The molecule has 0 radical (unpaired) electrons. The molecule has 4 heterocycles. The molecule has 206 valence electrons. The van der Waals surface area contributed by atoms with Gasteiger partial charge in [-0.25, -0.2) is 14.5 Å². The molecule has 1 atom stereocenters. The summed E-state index contributed by atoms with van der Waals surface area (Å²) >= 11 is 3.57. The fourth-order valence-electron chi connectivity index (χ4n) is 5.52. The number of benzene rings is 1. The fourth-order valence-corrected chi connectivity index (χ4v) is 5.87. The number of esters is 1. The second kappa shape index (κ2) is 10.5. The third kappa shape index (κ3) is 5.06. The van der Waals surface area contributed by atoms with Crippen molar-refractivity contribution in [2.24, 2.45) is 14.1 Å². The molecule has 1 aliphatic rings. The number of carbonyl (C=O) groups is 1. The number of halogens is 1. The second-order valence-electron chi connectivity index (χ2n) is 10.2. The topological polar surface area (TPSA) is 122 Å². The van der Waals surface area contributed by atoms with Crippen LogP contribution >= 0.6 is 15.9 Å². The molecule has 39 heavy (non-hydrogen) atoms. The van der Waals surface area contributed by atoms with E-state index >= 15 is 0 Å². The van der Waals surface area contributed by atoms with E-state index in [0.717, 1.165) is 41.4 Å². The average molecular weight is 599 g/mol. The lowest BCUT2D eigenvalue weighted by atomic mass is 9.90. The molecule has 4 aromatic rings. The number of fused-ring (bicyclic) bond motifs is 1. The molecule has 0 aliphatic carbocycles. The van der Waals surface area contributed by atoms with E-state index in [0.29, 0.717) is 36.1 Å². The minimum absolute atomic E-state index is 0.226. The summed E-state index contributed by atoms with van der Waals surface area (Å²) < 4.78 is 17.1. The number of rotatable bonds is 7. The monoisotopic (exact) mass is 597 g/mol. The number of methoxy groups -OCH3 is 1. The van der Waals surface area contributed by atoms with Gasteiger partial charge in [-0.3, -0.25) is 9.69 Å². The fraction of sp³-hybridized carbons (Fsp3) is 0.407. The smallest absolute Gasteiger partial charge is 0.339 e. The Morgan fingerprint density at radius 2 is 2.03 bits per heavy atom. The standard InChI is InChI=1S/C27H32BrN7O4/c1-27(35-22-13-18(28)6-7-21(22)31-26(35)29)8-5-9-34(16-27)10-11-39-24-20(14-30-33(24)3)19-12-17(25(37)38-4)15-32(2)23(19)36/h6-7,12-15H,5,8-11,16H2,1-4H3,(H2,29,31). The number of ether oxygens (including phenoxy) is 2. The number of likely N-dealkylation sites (tertiary alicyclic amines) is 1. The summed E-state index contributed by atoms with van der Waals surface area (Å²) in [6, 6.07) is 7.53. The van der Waals surface area contributed by atoms with Gasteiger partial charge in [-0.05, 0) is 50.6 Å². The van der Waals surface area contributed by atoms with Crippen molar-refractivity contribution in [3.63, 3.8) is 0 Å². The predicted octanol–water partition coefficient (Wildman–Crippen LogP) is 3.16. The van der Waals surface area contributed by atoms with Crippen LogP contribution in [0.4, 0.5) is 5.95 Å². The molecule has 1 aliphatic heterocycles. The summed E-state index contributed by atoms with van der Waals surface area (Å²) in [4.78, 5) is 32.0. The first-order valence-electron chi connectivity index (χ1n) is 12.7. The number of nitrogens with two attached hydrogens (primary N) is 1. The van der Waals surface area contributed by atoms with Gasteiger partial charge in [-0.2, -0.15) is 5.10 Å². The zero-order valence-corrected chi connectivity index (χ0v) is 24.1. The number of hydrogen-bond donors (Lipinski definition) is 1. The van der Waals surface area contributed by atoms with Gasteiger partial charge in [0, 0.05) is 37.9 Å². The van der Waals surface area contributed by atoms with E-state index in [2.05, 4.69) is 48.5 Å². The number of aromatic nitrogens is 5. The SMILES string of the molecule is COC(=O)c1cc(-c2cnn(C)c2OCCN2CCCC(C)(n3c(N)nc4ccc(Br)cc43)C2)c(=O)n(C)c1. The minimum Gasteiger partial charge on any atom is -0.476 e. The predicted molar refractivity (Wildman–Crippen MR) is 152 cm³/mol. The Morgan fingerprint density at radius 1 is 1.23 bits per heavy atom. The largest absolute Gasteiger partial charge is 0.476 e. The second-order valence-corrected chi connectivity index (χ2v) is 11.1. The van der Waals surface area contributed by atoms with Crippen LogP contribution in [0.1, 0.15) is 30.1 Å². The van der Waals surface area contributed by atoms with E-state index in [1.165, 1.54) is 23.9 Å². The highest BCUT2D eigenvalue weighted by Crippen LogP contribution is 2.35. The van der Waals surface area contributed by atoms with Crippen LogP contribution in [0, 0.1) is 0 Å². The van der Waals surface area contributed by atoms with Gasteiger partial charge in [0.15, 0.2) is 0 Å². The van der Waals surface area contributed by atoms with Gasteiger partial charge in [-0.15, -0.1) is 0 Å². The Morgan fingerprint density at radius 3 is 2.79 bits per heavy atom. The average Bonchev–Trinajstić information content (AvgIpc) is 3.43. The zero-order chi connectivity index (χ0) is 27.9. The zero-order valence-electron chi connectivity index (χ0n) is 22.5. The van der Waals surface area contributed by atoms with Crippen molar-refractivity contribution in [3.8, 4) is 17.0 Å². The van der Waals surface area contributed by atoms with Gasteiger partial charge in [-0.1, -0.05) is 15.9 Å². The Bertz CT molecular complexity index is 1610. The molecular weight excluding hydrogens is 566 g/mol. The first-order valence-corrected chi connectivity index (χ1v) is 13.5. The molecule has 12 heteroatoms. The number of aryl methyl sites for hydroxylation is 2. The van der Waals surface area contributed by atoms with Crippen LogP contribution in [0.2, 0.25) is 0 Å². The maximum absolute atomic E-state index is 12.9. The highest BCUT2D eigenvalue weighted by Gasteiger charge is 2.35. The molecule has 1 unspecified atom stereocenters. The van der Waals surface area contributed by atoms with Gasteiger partial charge in [0.25, 0.3) is 5.56 Å². The van der Waals surface area contributed by atoms with Crippen molar-refractivity contribution >= 4 is 38.9 Å². The van der Waals surface area contributed by atoms with Gasteiger partial charge in [0.05, 0.1) is 46.6 Å². The minimum atomic E-state index is -0.523. The van der Waals surface area contributed by atoms with Crippen LogP contribution in [0.3, 0.4) is 0 Å². The Kier molecular flexibility index (Phi) is 7.25. The van der Waals surface area contributed by atoms with Crippen molar-refractivity contribution in [2.75, 3.05) is 39.1 Å². The Balaban J connectivity index is 1.34. The Labute approximate surface area is 234 Å². The summed E-state index contributed by atoms with van der Waals surface area (Å²) in [7, 11) is 4.66. The highest BCUT2D eigenvalue weighted by molar-refractivity contribution is 9.10. The molecular formula is C27H32BrN7O4. The van der Waals surface area contributed by atoms with E-state index in [1.807, 2.05) is 12.1 Å². The van der Waals surface area contributed by atoms with E-state index in [-0.39, 0.29) is 16.7 Å². The molecule has 1 aromatic carbocycles. The summed E-state index contributed by atoms with van der Waals surface area (Å²) in [6.45, 7) is 5.03. The van der Waals surface area contributed by atoms with Gasteiger partial charge in [0.2, 0.25) is 11.8 Å². The van der Waals surface area contributed by atoms with Crippen LogP contribution in [0.5, 0.6) is 5.88 Å². The molecule has 0 spiro atoms. The van der Waals surface area contributed by atoms with Crippen molar-refractivity contribution < 1.29 is 14.3 Å². The number of nitrogens with zero attached hydrogens (tertiary/aromatic N) is 6. The summed E-state index contributed by atoms with van der Waals surface area (Å²) in [5.74, 6) is 0.451. The Hall–Kier alpha value is -3.64. The number of piperidine rings is 1. The molecule has 2 N–H and O–H groups in total. The number of imidazole rings is 1. The van der Waals surface area contributed by atoms with Gasteiger partial charge < -0.3 is 24.3 Å². The summed E-state index contributed by atoms with van der Waals surface area (Å²) in [6.07, 6.45) is 5.03. The van der Waals surface area contributed by atoms with Crippen LogP contribution in [-0.4, -0.2) is 68.1 Å². The number of nitrogen functional groups attached to an aromatic ring is 1. The molecule has 5 rings (SSSR count). The van der Waals surface area contributed by atoms with E-state index < -0.39 is 5.97 Å². The first-order chi connectivity index (χ1) is 18.6. The normalized spacial score (nSPS) is 18.0. The quantitative estimate of drug-likeness (QED) is 0.322. The maximum atomic E-state index is 12.9. The van der Waals surface area contributed by atoms with Gasteiger partial charge in [0.1, 0.15) is 6.61 Å². The lowest BCUT2D eigenvalue weighted by molar-refractivity contribution is 0.0599. The van der Waals surface area contributed by atoms with Crippen molar-refractivity contribution in [2.45, 2.75) is 25.3 Å². The van der Waals surface area contributed by atoms with Crippen LogP contribution in [0.15, 0.2) is 45.9 Å². The molecule has 0 bridgehead atoms. The summed E-state index contributed by atoms with van der Waals surface area (Å²) in [5, 5.41) is 4.31. The highest BCUT2D eigenvalue weighted by atomic mass is 79.9. The van der Waals surface area contributed by atoms with E-state index in [1.54, 1.807) is 25.0 Å². The number of pyridine rings is 1. The number of anilines is 1. The van der Waals surface area contributed by atoms with Crippen LogP contribution in [-0.2, 0) is 24.4 Å². The van der Waals surface area contributed by atoms with Crippen molar-refractivity contribution in [3.05, 3.63) is 57.0 Å². The van der Waals surface area contributed by atoms with Crippen LogP contribution in [0.25, 0.3) is 22.2 Å². The third-order valence-electron chi connectivity index (χ3n) is 7.36. The maximum Gasteiger partial charge on any atom is 0.339 e. The van der Waals surface area contributed by atoms with Crippen LogP contribution < -0.4 is 16.0 Å². The molecule has 1 saturated heterocycles. The lowest BCUT2D eigenvalue weighted by Crippen LogP contribution is -2.49. The van der Waals surface area contributed by atoms with Crippen molar-refractivity contribution in [1.82, 2.24) is 28.8 Å². The molecule has 0 saturated carbocycles.